The molecule has 6 nitrogen and oxygen atoms in total. The number of ether oxygens (including phenoxy) is 3. The molecule has 2 saturated heterocycles. The van der Waals surface area contributed by atoms with E-state index < -0.39 is 0 Å². The molecule has 6 heteroatoms. The zero-order valence-electron chi connectivity index (χ0n) is 14.9. The van der Waals surface area contributed by atoms with Crippen LogP contribution in [-0.4, -0.2) is 50.6 Å². The van der Waals surface area contributed by atoms with Crippen molar-refractivity contribution in [3.8, 4) is 5.75 Å². The van der Waals surface area contributed by atoms with Crippen LogP contribution in [-0.2, 0) is 15.9 Å². The SMILES string of the molecule is CCOc1ccccc1CCNC(=O)NC1CCOC2(CCOC2)C1. The minimum atomic E-state index is -0.188. The third-order valence-corrected chi connectivity index (χ3v) is 4.85. The lowest BCUT2D eigenvalue weighted by Gasteiger charge is -2.37. The fourth-order valence-electron chi connectivity index (χ4n) is 3.57. The fourth-order valence-corrected chi connectivity index (χ4v) is 3.57. The molecule has 1 aromatic carbocycles. The summed E-state index contributed by atoms with van der Waals surface area (Å²) in [4.78, 5) is 12.2. The average Bonchev–Trinajstić information content (AvgIpc) is 3.04. The Hall–Kier alpha value is -1.79. The summed E-state index contributed by atoms with van der Waals surface area (Å²) in [6.45, 7) is 5.25. The minimum Gasteiger partial charge on any atom is -0.494 e. The van der Waals surface area contributed by atoms with E-state index >= 15 is 0 Å². The number of hydrogen-bond donors (Lipinski definition) is 2. The summed E-state index contributed by atoms with van der Waals surface area (Å²) < 4.78 is 17.0. The van der Waals surface area contributed by atoms with Crippen LogP contribution < -0.4 is 15.4 Å². The lowest BCUT2D eigenvalue weighted by Crippen LogP contribution is -2.51. The first-order chi connectivity index (χ1) is 12.2. The van der Waals surface area contributed by atoms with Gasteiger partial charge in [-0.15, -0.1) is 0 Å². The van der Waals surface area contributed by atoms with Crippen molar-refractivity contribution in [1.82, 2.24) is 10.6 Å². The highest BCUT2D eigenvalue weighted by Crippen LogP contribution is 2.32. The van der Waals surface area contributed by atoms with Gasteiger partial charge in [0.05, 0.1) is 18.8 Å². The molecule has 2 amide bonds. The number of hydrogen-bond acceptors (Lipinski definition) is 4. The second-order valence-electron chi connectivity index (χ2n) is 6.71. The van der Waals surface area contributed by atoms with Gasteiger partial charge in [-0.25, -0.2) is 4.79 Å². The zero-order chi connectivity index (χ0) is 17.5. The number of para-hydroxylation sites is 1. The maximum atomic E-state index is 12.2. The number of amides is 2. The van der Waals surface area contributed by atoms with Crippen LogP contribution in [0.5, 0.6) is 5.75 Å². The highest BCUT2D eigenvalue weighted by Gasteiger charge is 2.41. The van der Waals surface area contributed by atoms with E-state index in [1.165, 1.54) is 0 Å². The summed E-state index contributed by atoms with van der Waals surface area (Å²) >= 11 is 0. The predicted octanol–water partition coefficient (Wildman–Crippen LogP) is 2.27. The molecule has 2 fully saturated rings. The smallest absolute Gasteiger partial charge is 0.315 e. The number of benzene rings is 1. The third kappa shape index (κ3) is 4.86. The Kier molecular flexibility index (Phi) is 6.15. The van der Waals surface area contributed by atoms with Crippen LogP contribution in [0.3, 0.4) is 0 Å². The van der Waals surface area contributed by atoms with Crippen LogP contribution in [0.1, 0.15) is 31.7 Å². The van der Waals surface area contributed by atoms with Gasteiger partial charge >= 0.3 is 6.03 Å². The molecule has 1 aromatic rings. The summed E-state index contributed by atoms with van der Waals surface area (Å²) in [5.41, 5.74) is 0.921. The Morgan fingerprint density at radius 2 is 2.24 bits per heavy atom. The minimum absolute atomic E-state index is 0.116. The lowest BCUT2D eigenvalue weighted by atomic mass is 9.90. The summed E-state index contributed by atoms with van der Waals surface area (Å²) in [7, 11) is 0. The Labute approximate surface area is 149 Å². The predicted molar refractivity (Wildman–Crippen MR) is 95.0 cm³/mol. The number of rotatable bonds is 6. The van der Waals surface area contributed by atoms with Crippen molar-refractivity contribution in [2.75, 3.05) is 33.0 Å². The van der Waals surface area contributed by atoms with E-state index in [2.05, 4.69) is 10.6 Å². The molecular weight excluding hydrogens is 320 g/mol. The molecule has 3 rings (SSSR count). The Morgan fingerprint density at radius 3 is 3.04 bits per heavy atom. The average molecular weight is 348 g/mol. The molecule has 0 radical (unpaired) electrons. The maximum Gasteiger partial charge on any atom is 0.315 e. The van der Waals surface area contributed by atoms with Gasteiger partial charge in [0, 0.05) is 32.2 Å². The van der Waals surface area contributed by atoms with Crippen LogP contribution in [0.4, 0.5) is 4.79 Å². The summed E-state index contributed by atoms with van der Waals surface area (Å²) in [6, 6.07) is 7.98. The van der Waals surface area contributed by atoms with Gasteiger partial charge in [0.25, 0.3) is 0 Å². The molecule has 0 saturated carbocycles. The Morgan fingerprint density at radius 1 is 1.36 bits per heavy atom. The second-order valence-corrected chi connectivity index (χ2v) is 6.71. The highest BCUT2D eigenvalue weighted by atomic mass is 16.6. The van der Waals surface area contributed by atoms with E-state index in [0.717, 1.165) is 43.6 Å². The fraction of sp³-hybridized carbons (Fsp3) is 0.632. The van der Waals surface area contributed by atoms with Crippen molar-refractivity contribution in [1.29, 1.82) is 0 Å². The summed E-state index contributed by atoms with van der Waals surface area (Å²) in [5, 5.41) is 6.03. The van der Waals surface area contributed by atoms with E-state index in [1.807, 2.05) is 31.2 Å². The molecule has 0 bridgehead atoms. The molecule has 2 aliphatic rings. The molecule has 2 heterocycles. The molecule has 2 N–H and O–H groups in total. The largest absolute Gasteiger partial charge is 0.494 e. The van der Waals surface area contributed by atoms with Gasteiger partial charge in [0.1, 0.15) is 5.75 Å². The lowest BCUT2D eigenvalue weighted by molar-refractivity contribution is -0.0878. The van der Waals surface area contributed by atoms with Crippen LogP contribution >= 0.6 is 0 Å². The number of carbonyl (C=O) groups is 1. The maximum absolute atomic E-state index is 12.2. The van der Waals surface area contributed by atoms with Crippen LogP contribution in [0.25, 0.3) is 0 Å². The van der Waals surface area contributed by atoms with Crippen molar-refractivity contribution in [2.45, 2.75) is 44.2 Å². The van der Waals surface area contributed by atoms with Gasteiger partial charge < -0.3 is 24.8 Å². The molecular formula is C19H28N2O4. The van der Waals surface area contributed by atoms with E-state index in [9.17, 15) is 4.79 Å². The van der Waals surface area contributed by atoms with E-state index in [1.54, 1.807) is 0 Å². The van der Waals surface area contributed by atoms with Crippen LogP contribution in [0.15, 0.2) is 24.3 Å². The topological polar surface area (TPSA) is 68.8 Å². The highest BCUT2D eigenvalue weighted by molar-refractivity contribution is 5.74. The first kappa shape index (κ1) is 18.0. The van der Waals surface area contributed by atoms with Gasteiger partial charge in [-0.2, -0.15) is 0 Å². The van der Waals surface area contributed by atoms with Crippen LogP contribution in [0, 0.1) is 0 Å². The molecule has 2 atom stereocenters. The standard InChI is InChI=1S/C19H28N2O4/c1-2-24-17-6-4-3-5-15(17)7-10-20-18(22)21-16-8-11-25-19(13-16)9-12-23-14-19/h3-6,16H,2,7-14H2,1H3,(H2,20,21,22). The summed E-state index contributed by atoms with van der Waals surface area (Å²) in [6.07, 6.45) is 3.34. The van der Waals surface area contributed by atoms with E-state index in [4.69, 9.17) is 14.2 Å². The first-order valence-electron chi connectivity index (χ1n) is 9.17. The second kappa shape index (κ2) is 8.54. The zero-order valence-corrected chi connectivity index (χ0v) is 14.9. The van der Waals surface area contributed by atoms with Gasteiger partial charge in [-0.05, 0) is 37.8 Å². The van der Waals surface area contributed by atoms with Crippen molar-refractivity contribution >= 4 is 6.03 Å². The molecule has 2 unspecified atom stereocenters. The van der Waals surface area contributed by atoms with Crippen molar-refractivity contribution in [3.05, 3.63) is 29.8 Å². The number of carbonyl (C=O) groups excluding carboxylic acids is 1. The number of nitrogens with one attached hydrogen (secondary N) is 2. The molecule has 1 spiro atoms. The quantitative estimate of drug-likeness (QED) is 0.827. The third-order valence-electron chi connectivity index (χ3n) is 4.85. The van der Waals surface area contributed by atoms with Crippen molar-refractivity contribution < 1.29 is 19.0 Å². The Bertz CT molecular complexity index is 572. The monoisotopic (exact) mass is 348 g/mol. The normalized spacial score (nSPS) is 25.7. The van der Waals surface area contributed by atoms with Crippen molar-refractivity contribution in [3.63, 3.8) is 0 Å². The molecule has 0 aliphatic carbocycles. The van der Waals surface area contributed by atoms with E-state index in [0.29, 0.717) is 26.4 Å². The first-order valence-corrected chi connectivity index (χ1v) is 9.17. The van der Waals surface area contributed by atoms with Gasteiger partial charge in [0.2, 0.25) is 0 Å². The van der Waals surface area contributed by atoms with Crippen LogP contribution in [0.2, 0.25) is 0 Å². The number of urea groups is 1. The Balaban J connectivity index is 1.42. The van der Waals surface area contributed by atoms with Crippen molar-refractivity contribution in [2.24, 2.45) is 0 Å². The van der Waals surface area contributed by atoms with Gasteiger partial charge in [-0.3, -0.25) is 0 Å². The molecule has 2 aliphatic heterocycles. The molecule has 25 heavy (non-hydrogen) atoms. The van der Waals surface area contributed by atoms with Gasteiger partial charge in [-0.1, -0.05) is 18.2 Å². The molecule has 138 valence electrons. The molecule has 0 aromatic heterocycles. The summed E-state index contributed by atoms with van der Waals surface area (Å²) in [5.74, 6) is 0.889. The van der Waals surface area contributed by atoms with E-state index in [-0.39, 0.29) is 17.7 Å². The van der Waals surface area contributed by atoms with Gasteiger partial charge in [0.15, 0.2) is 0 Å².